The highest BCUT2D eigenvalue weighted by Gasteiger charge is 2.25. The summed E-state index contributed by atoms with van der Waals surface area (Å²) in [6, 6.07) is 11.7. The molecule has 3 rings (SSSR count). The van der Waals surface area contributed by atoms with Crippen LogP contribution < -0.4 is 0 Å². The summed E-state index contributed by atoms with van der Waals surface area (Å²) in [4.78, 5) is 14.6. The van der Waals surface area contributed by atoms with Gasteiger partial charge in [-0.05, 0) is 24.6 Å². The van der Waals surface area contributed by atoms with Gasteiger partial charge in [0.2, 0.25) is 15.0 Å². The van der Waals surface area contributed by atoms with Crippen molar-refractivity contribution in [1.82, 2.24) is 24.4 Å². The van der Waals surface area contributed by atoms with Gasteiger partial charge in [-0.1, -0.05) is 44.2 Å². The second-order valence-corrected chi connectivity index (χ2v) is 9.58. The van der Waals surface area contributed by atoms with Crippen LogP contribution in [0, 0.1) is 5.92 Å². The molecule has 0 spiro atoms. The number of aromatic nitrogens is 4. The summed E-state index contributed by atoms with van der Waals surface area (Å²) in [5.41, 5.74) is 2.79. The molecule has 0 aliphatic rings. The van der Waals surface area contributed by atoms with Crippen molar-refractivity contribution in [2.45, 2.75) is 38.6 Å². The van der Waals surface area contributed by atoms with Crippen LogP contribution in [0.2, 0.25) is 0 Å². The second-order valence-electron chi connectivity index (χ2n) is 7.65. The summed E-state index contributed by atoms with van der Waals surface area (Å²) < 4.78 is 27.7. The van der Waals surface area contributed by atoms with E-state index in [2.05, 4.69) is 19.9 Å². The summed E-state index contributed by atoms with van der Waals surface area (Å²) in [6.07, 6.45) is 4.92. The maximum absolute atomic E-state index is 12.9. The Morgan fingerprint density at radius 2 is 1.83 bits per heavy atom. The first-order chi connectivity index (χ1) is 13.8. The largest absolute Gasteiger partial charge is 0.313 e. The number of nitrogens with zero attached hydrogens (tertiary/aromatic N) is 5. The van der Waals surface area contributed by atoms with Crippen LogP contribution in [0.4, 0.5) is 0 Å². The van der Waals surface area contributed by atoms with E-state index < -0.39 is 9.84 Å². The second kappa shape index (κ2) is 9.28. The van der Waals surface area contributed by atoms with Crippen molar-refractivity contribution in [3.05, 3.63) is 72.1 Å². The van der Waals surface area contributed by atoms with Gasteiger partial charge in [0.1, 0.15) is 6.33 Å². The van der Waals surface area contributed by atoms with Crippen LogP contribution in [0.5, 0.6) is 0 Å². The maximum Gasteiger partial charge on any atom is 0.228 e. The molecule has 0 saturated heterocycles. The van der Waals surface area contributed by atoms with Crippen LogP contribution in [0.3, 0.4) is 0 Å². The number of rotatable bonds is 9. The molecule has 0 atom stereocenters. The monoisotopic (exact) mass is 413 g/mol. The standard InChI is InChI=1S/C21H27N5O2S/c1-17(2)15-29(27,28)21-23-11-20(26(21)12-18-7-5-4-6-8-18)14-25(3)13-19-9-10-22-16-24-19/h4-11,16-17H,12-15H2,1-3H3. The minimum atomic E-state index is -3.47. The van der Waals surface area contributed by atoms with E-state index in [9.17, 15) is 8.42 Å². The van der Waals surface area contributed by atoms with Gasteiger partial charge in [0.05, 0.1) is 29.9 Å². The number of hydrogen-bond donors (Lipinski definition) is 0. The van der Waals surface area contributed by atoms with Crippen LogP contribution in [0.1, 0.15) is 30.8 Å². The Kier molecular flexibility index (Phi) is 6.76. The molecule has 0 saturated carbocycles. The molecule has 2 aromatic heterocycles. The van der Waals surface area contributed by atoms with Gasteiger partial charge < -0.3 is 4.57 Å². The molecule has 154 valence electrons. The topological polar surface area (TPSA) is 81.0 Å². The summed E-state index contributed by atoms with van der Waals surface area (Å²) in [5.74, 6) is 0.112. The van der Waals surface area contributed by atoms with Crippen molar-refractivity contribution in [1.29, 1.82) is 0 Å². The molecule has 0 aliphatic carbocycles. The van der Waals surface area contributed by atoms with E-state index in [0.29, 0.717) is 19.6 Å². The van der Waals surface area contributed by atoms with E-state index in [-0.39, 0.29) is 16.8 Å². The number of benzene rings is 1. The molecule has 8 heteroatoms. The number of sulfone groups is 1. The van der Waals surface area contributed by atoms with Gasteiger partial charge in [-0.25, -0.2) is 23.4 Å². The van der Waals surface area contributed by atoms with Gasteiger partial charge in [0, 0.05) is 19.3 Å². The molecule has 3 aromatic rings. The third kappa shape index (κ3) is 5.71. The lowest BCUT2D eigenvalue weighted by Gasteiger charge is -2.18. The van der Waals surface area contributed by atoms with Crippen molar-refractivity contribution in [2.24, 2.45) is 5.92 Å². The van der Waals surface area contributed by atoms with Gasteiger partial charge in [0.25, 0.3) is 0 Å². The van der Waals surface area contributed by atoms with Crippen molar-refractivity contribution < 1.29 is 8.42 Å². The quantitative estimate of drug-likeness (QED) is 0.537. The average Bonchev–Trinajstić information content (AvgIpc) is 3.05. The fraction of sp³-hybridized carbons (Fsp3) is 0.381. The molecule has 7 nitrogen and oxygen atoms in total. The molecule has 0 unspecified atom stereocenters. The molecule has 0 bridgehead atoms. The molecule has 0 aliphatic heterocycles. The zero-order valence-electron chi connectivity index (χ0n) is 17.1. The van der Waals surface area contributed by atoms with Crippen molar-refractivity contribution >= 4 is 9.84 Å². The van der Waals surface area contributed by atoms with Crippen molar-refractivity contribution in [3.8, 4) is 0 Å². The summed E-state index contributed by atoms with van der Waals surface area (Å²) >= 11 is 0. The summed E-state index contributed by atoms with van der Waals surface area (Å²) in [7, 11) is -1.49. The Hall–Kier alpha value is -2.58. The third-order valence-corrected chi connectivity index (χ3v) is 6.41. The van der Waals surface area contributed by atoms with Gasteiger partial charge in [-0.15, -0.1) is 0 Å². The Balaban J connectivity index is 1.89. The first-order valence-corrected chi connectivity index (χ1v) is 11.2. The maximum atomic E-state index is 12.9. The highest BCUT2D eigenvalue weighted by molar-refractivity contribution is 7.91. The minimum Gasteiger partial charge on any atom is -0.313 e. The highest BCUT2D eigenvalue weighted by Crippen LogP contribution is 2.19. The molecule has 1 aromatic carbocycles. The van der Waals surface area contributed by atoms with E-state index in [1.165, 1.54) is 6.33 Å². The van der Waals surface area contributed by atoms with Crippen LogP contribution in [0.15, 0.2) is 60.3 Å². The average molecular weight is 414 g/mol. The third-order valence-electron chi connectivity index (χ3n) is 4.42. The Labute approximate surface area is 172 Å². The van der Waals surface area contributed by atoms with Gasteiger partial charge in [-0.2, -0.15) is 0 Å². The van der Waals surface area contributed by atoms with Crippen LogP contribution in [0.25, 0.3) is 0 Å². The lowest BCUT2D eigenvalue weighted by Crippen LogP contribution is -2.23. The molecule has 0 amide bonds. The van der Waals surface area contributed by atoms with Gasteiger partial charge in [0.15, 0.2) is 0 Å². The zero-order chi connectivity index (χ0) is 20.9. The SMILES string of the molecule is CC(C)CS(=O)(=O)c1ncc(CN(C)Cc2ccncn2)n1Cc1ccccc1. The van der Waals surface area contributed by atoms with Crippen molar-refractivity contribution in [2.75, 3.05) is 12.8 Å². The molecule has 0 radical (unpaired) electrons. The fourth-order valence-corrected chi connectivity index (χ4v) is 4.99. The number of imidazole rings is 1. The Bertz CT molecular complexity index is 1020. The van der Waals surface area contributed by atoms with E-state index >= 15 is 0 Å². The van der Waals surface area contributed by atoms with Gasteiger partial charge in [-0.3, -0.25) is 4.90 Å². The molecule has 2 heterocycles. The zero-order valence-corrected chi connectivity index (χ0v) is 17.9. The van der Waals surface area contributed by atoms with E-state index in [0.717, 1.165) is 17.0 Å². The van der Waals surface area contributed by atoms with Crippen LogP contribution in [-0.4, -0.2) is 45.6 Å². The van der Waals surface area contributed by atoms with Gasteiger partial charge >= 0.3 is 0 Å². The lowest BCUT2D eigenvalue weighted by atomic mass is 10.2. The molecular weight excluding hydrogens is 386 g/mol. The Morgan fingerprint density at radius 3 is 2.48 bits per heavy atom. The molecule has 0 fully saturated rings. The minimum absolute atomic E-state index is 0.0331. The Morgan fingerprint density at radius 1 is 1.07 bits per heavy atom. The molecule has 29 heavy (non-hydrogen) atoms. The summed E-state index contributed by atoms with van der Waals surface area (Å²) in [6.45, 7) is 5.45. The number of hydrogen-bond acceptors (Lipinski definition) is 6. The van der Waals surface area contributed by atoms with E-state index in [4.69, 9.17) is 0 Å². The molecular formula is C21H27N5O2S. The van der Waals surface area contributed by atoms with Crippen molar-refractivity contribution in [3.63, 3.8) is 0 Å². The first kappa shape index (κ1) is 21.1. The smallest absolute Gasteiger partial charge is 0.228 e. The summed E-state index contributed by atoms with van der Waals surface area (Å²) in [5, 5.41) is 0.139. The van der Waals surface area contributed by atoms with Crippen LogP contribution in [-0.2, 0) is 29.5 Å². The lowest BCUT2D eigenvalue weighted by molar-refractivity contribution is 0.305. The molecule has 0 N–H and O–H groups in total. The first-order valence-electron chi connectivity index (χ1n) is 9.59. The normalized spacial score (nSPS) is 12.0. The predicted molar refractivity (Wildman–Crippen MR) is 112 cm³/mol. The fourth-order valence-electron chi connectivity index (χ4n) is 3.24. The van der Waals surface area contributed by atoms with Crippen LogP contribution >= 0.6 is 0 Å². The predicted octanol–water partition coefficient (Wildman–Crippen LogP) is 2.78. The van der Waals surface area contributed by atoms with E-state index in [1.807, 2.05) is 61.9 Å². The van der Waals surface area contributed by atoms with E-state index in [1.54, 1.807) is 12.4 Å². The highest BCUT2D eigenvalue weighted by atomic mass is 32.2.